The molecule has 0 bridgehead atoms. The quantitative estimate of drug-likeness (QED) is 0.0479. The summed E-state index contributed by atoms with van der Waals surface area (Å²) in [5.74, 6) is 1.62. The van der Waals surface area contributed by atoms with Crippen LogP contribution in [0.2, 0.25) is 0 Å². The van der Waals surface area contributed by atoms with Crippen LogP contribution in [0.15, 0.2) is 12.4 Å². The van der Waals surface area contributed by atoms with Crippen LogP contribution in [0.5, 0.6) is 0 Å². The summed E-state index contributed by atoms with van der Waals surface area (Å²) in [6.45, 7) is 9.41. The Morgan fingerprint density at radius 2 is 0.633 bits per heavy atom. The lowest BCUT2D eigenvalue weighted by molar-refractivity contribution is -0.704. The first-order valence-electron chi connectivity index (χ1n) is 23.4. The number of unbranched alkanes of at least 4 members (excludes halogenated alkanes) is 35. The van der Waals surface area contributed by atoms with Crippen LogP contribution in [0.25, 0.3) is 0 Å². The van der Waals surface area contributed by atoms with Gasteiger partial charge in [-0.3, -0.25) is 0 Å². The van der Waals surface area contributed by atoms with Gasteiger partial charge in [0, 0.05) is 6.42 Å². The second-order valence-electron chi connectivity index (χ2n) is 16.2. The summed E-state index contributed by atoms with van der Waals surface area (Å²) in [6, 6.07) is 0. The molecule has 0 aromatic carbocycles. The highest BCUT2D eigenvalue weighted by atomic mass is 15.1. The van der Waals surface area contributed by atoms with Crippen molar-refractivity contribution in [1.82, 2.24) is 4.57 Å². The SMILES string of the molecule is CCCCCCCCCCCCCCCCCCCc1n(CCCCCCCCCCCCCCCCCC)cc[n+]1CCCCCCC. The number of rotatable bonds is 41. The van der Waals surface area contributed by atoms with Gasteiger partial charge in [-0.15, -0.1) is 0 Å². The number of nitrogens with zero attached hydrogens (tertiary/aromatic N) is 2. The van der Waals surface area contributed by atoms with Crippen LogP contribution in [0, 0.1) is 0 Å². The summed E-state index contributed by atoms with van der Waals surface area (Å²) in [6.07, 6.45) is 60.9. The molecule has 1 heterocycles. The molecule has 0 aliphatic rings. The minimum Gasteiger partial charge on any atom is -0.234 e. The third kappa shape index (κ3) is 30.5. The standard InChI is InChI=1S/C47H93N2/c1-4-7-10-13-15-17-19-21-23-25-26-28-30-32-34-36-39-42-47-48(43-40-37-12-9-6-3)45-46-49(47)44-41-38-35-33-31-29-27-24-22-20-18-16-14-11-8-5-2/h45-46H,4-44H2,1-3H3/q+1. The first-order chi connectivity index (χ1) is 24.3. The van der Waals surface area contributed by atoms with Crippen LogP contribution in [0.4, 0.5) is 0 Å². The molecule has 0 radical (unpaired) electrons. The number of aromatic nitrogens is 2. The smallest absolute Gasteiger partial charge is 0.234 e. The van der Waals surface area contributed by atoms with E-state index in [2.05, 4.69) is 42.3 Å². The topological polar surface area (TPSA) is 8.81 Å². The molecule has 0 atom stereocenters. The molecule has 1 aromatic rings. The van der Waals surface area contributed by atoms with Crippen molar-refractivity contribution in [1.29, 1.82) is 0 Å². The molecule has 1 rings (SSSR count). The van der Waals surface area contributed by atoms with Crippen molar-refractivity contribution < 1.29 is 4.57 Å². The number of hydrogen-bond donors (Lipinski definition) is 0. The highest BCUT2D eigenvalue weighted by Gasteiger charge is 2.16. The summed E-state index contributed by atoms with van der Waals surface area (Å²) >= 11 is 0. The van der Waals surface area contributed by atoms with E-state index in [0.717, 1.165) is 0 Å². The lowest BCUT2D eigenvalue weighted by atomic mass is 10.0. The molecule has 0 spiro atoms. The average Bonchev–Trinajstić information content (AvgIpc) is 3.50. The third-order valence-electron chi connectivity index (χ3n) is 11.3. The van der Waals surface area contributed by atoms with E-state index in [0.29, 0.717) is 0 Å². The molecule has 0 unspecified atom stereocenters. The Balaban J connectivity index is 2.13. The second-order valence-corrected chi connectivity index (χ2v) is 16.2. The maximum Gasteiger partial charge on any atom is 0.256 e. The Labute approximate surface area is 310 Å². The average molecular weight is 686 g/mol. The van der Waals surface area contributed by atoms with E-state index in [-0.39, 0.29) is 0 Å². The van der Waals surface area contributed by atoms with E-state index in [1.807, 2.05) is 0 Å². The molecule has 0 aliphatic carbocycles. The van der Waals surface area contributed by atoms with Gasteiger partial charge in [-0.25, -0.2) is 9.13 Å². The third-order valence-corrected chi connectivity index (χ3v) is 11.3. The van der Waals surface area contributed by atoms with Crippen LogP contribution in [-0.2, 0) is 19.5 Å². The lowest BCUT2D eigenvalue weighted by Gasteiger charge is -2.07. The second kappa shape index (κ2) is 38.4. The normalized spacial score (nSPS) is 11.7. The Hall–Kier alpha value is -0.790. The minimum atomic E-state index is 1.23. The molecule has 2 nitrogen and oxygen atoms in total. The fraction of sp³-hybridized carbons (Fsp3) is 0.936. The van der Waals surface area contributed by atoms with Crippen LogP contribution >= 0.6 is 0 Å². The number of hydrogen-bond acceptors (Lipinski definition) is 0. The van der Waals surface area contributed by atoms with Crippen molar-refractivity contribution in [3.63, 3.8) is 0 Å². The Kier molecular flexibility index (Phi) is 36.3. The van der Waals surface area contributed by atoms with Crippen molar-refractivity contribution in [2.45, 2.75) is 284 Å². The van der Waals surface area contributed by atoms with E-state index < -0.39 is 0 Å². The van der Waals surface area contributed by atoms with E-state index in [9.17, 15) is 0 Å². The lowest BCUT2D eigenvalue weighted by Crippen LogP contribution is -2.37. The summed E-state index contributed by atoms with van der Waals surface area (Å²) in [7, 11) is 0. The molecule has 290 valence electrons. The Morgan fingerprint density at radius 3 is 0.980 bits per heavy atom. The molecule has 0 N–H and O–H groups in total. The molecular formula is C47H93N2+. The van der Waals surface area contributed by atoms with Gasteiger partial charge in [0.15, 0.2) is 0 Å². The summed E-state index contributed by atoms with van der Waals surface area (Å²) < 4.78 is 5.27. The summed E-state index contributed by atoms with van der Waals surface area (Å²) in [5, 5.41) is 0. The summed E-state index contributed by atoms with van der Waals surface area (Å²) in [5.41, 5.74) is 0. The predicted molar refractivity (Wildman–Crippen MR) is 221 cm³/mol. The van der Waals surface area contributed by atoms with Crippen LogP contribution < -0.4 is 4.57 Å². The molecule has 2 heteroatoms. The van der Waals surface area contributed by atoms with Crippen molar-refractivity contribution in [2.75, 3.05) is 0 Å². The van der Waals surface area contributed by atoms with Gasteiger partial charge in [0.05, 0.1) is 13.1 Å². The molecule has 0 saturated heterocycles. The van der Waals surface area contributed by atoms with Gasteiger partial charge in [-0.1, -0.05) is 233 Å². The first-order valence-corrected chi connectivity index (χ1v) is 23.4. The molecule has 1 aromatic heterocycles. The minimum absolute atomic E-state index is 1.23. The van der Waals surface area contributed by atoms with Crippen molar-refractivity contribution >= 4 is 0 Å². The number of imidazole rings is 1. The van der Waals surface area contributed by atoms with Gasteiger partial charge in [0.1, 0.15) is 12.4 Å². The van der Waals surface area contributed by atoms with Crippen LogP contribution in [-0.4, -0.2) is 4.57 Å². The highest BCUT2D eigenvalue weighted by Crippen LogP contribution is 2.17. The fourth-order valence-electron chi connectivity index (χ4n) is 7.92. The van der Waals surface area contributed by atoms with Gasteiger partial charge >= 0.3 is 0 Å². The molecule has 49 heavy (non-hydrogen) atoms. The highest BCUT2D eigenvalue weighted by molar-refractivity contribution is 4.84. The fourth-order valence-corrected chi connectivity index (χ4v) is 7.92. The Morgan fingerprint density at radius 1 is 0.347 bits per heavy atom. The van der Waals surface area contributed by atoms with Crippen molar-refractivity contribution in [3.8, 4) is 0 Å². The molecule has 0 aliphatic heterocycles. The van der Waals surface area contributed by atoms with Gasteiger partial charge in [0.25, 0.3) is 5.82 Å². The number of aryl methyl sites for hydroxylation is 2. The van der Waals surface area contributed by atoms with E-state index >= 15 is 0 Å². The van der Waals surface area contributed by atoms with Gasteiger partial charge in [-0.2, -0.15) is 0 Å². The van der Waals surface area contributed by atoms with E-state index in [1.165, 1.54) is 264 Å². The zero-order valence-electron chi connectivity index (χ0n) is 34.5. The molecule has 0 saturated carbocycles. The van der Waals surface area contributed by atoms with Crippen LogP contribution in [0.1, 0.15) is 271 Å². The van der Waals surface area contributed by atoms with E-state index in [4.69, 9.17) is 0 Å². The molecular weight excluding hydrogens is 593 g/mol. The zero-order chi connectivity index (χ0) is 35.1. The first kappa shape index (κ1) is 46.2. The monoisotopic (exact) mass is 686 g/mol. The van der Waals surface area contributed by atoms with E-state index in [1.54, 1.807) is 5.82 Å². The van der Waals surface area contributed by atoms with Crippen LogP contribution in [0.3, 0.4) is 0 Å². The van der Waals surface area contributed by atoms with Crippen molar-refractivity contribution in [2.24, 2.45) is 0 Å². The molecule has 0 amide bonds. The predicted octanol–water partition coefficient (Wildman–Crippen LogP) is 16.2. The van der Waals surface area contributed by atoms with Gasteiger partial charge in [-0.05, 0) is 32.1 Å². The van der Waals surface area contributed by atoms with Gasteiger partial charge < -0.3 is 0 Å². The maximum atomic E-state index is 2.64. The van der Waals surface area contributed by atoms with Crippen molar-refractivity contribution in [3.05, 3.63) is 18.2 Å². The largest absolute Gasteiger partial charge is 0.256 e. The zero-order valence-corrected chi connectivity index (χ0v) is 34.5. The summed E-state index contributed by atoms with van der Waals surface area (Å²) in [4.78, 5) is 0. The Bertz CT molecular complexity index is 751. The maximum absolute atomic E-state index is 2.64. The van der Waals surface area contributed by atoms with Gasteiger partial charge in [0.2, 0.25) is 0 Å². The molecule has 0 fully saturated rings.